The highest BCUT2D eigenvalue weighted by molar-refractivity contribution is 5.78. The summed E-state index contributed by atoms with van der Waals surface area (Å²) in [7, 11) is 3.40. The number of hydrogen-bond donors (Lipinski definition) is 1. The number of rotatable bonds is 1. The molecule has 0 aromatic carbocycles. The first kappa shape index (κ1) is 7.34. The van der Waals surface area contributed by atoms with Crippen molar-refractivity contribution in [2.24, 2.45) is 10.7 Å². The maximum absolute atomic E-state index is 5.52. The van der Waals surface area contributed by atoms with E-state index < -0.39 is 0 Å². The number of nitrogens with two attached hydrogens (primary N) is 1. The van der Waals surface area contributed by atoms with E-state index in [4.69, 9.17) is 10.5 Å². The van der Waals surface area contributed by atoms with Gasteiger partial charge in [0.25, 0.3) is 0 Å². The van der Waals surface area contributed by atoms with Gasteiger partial charge in [0.05, 0.1) is 6.10 Å². The predicted molar refractivity (Wildman–Crippen MR) is 39.9 cm³/mol. The molecule has 0 aromatic heterocycles. The van der Waals surface area contributed by atoms with E-state index in [-0.39, 0.29) is 0 Å². The Hall–Kier alpha value is -0.770. The summed E-state index contributed by atoms with van der Waals surface area (Å²) in [6.45, 7) is 1.75. The summed E-state index contributed by atoms with van der Waals surface area (Å²) in [5.41, 5.74) is 5.52. The Morgan fingerprint density at radius 3 is 2.70 bits per heavy atom. The van der Waals surface area contributed by atoms with Gasteiger partial charge in [-0.25, -0.2) is 0 Å². The monoisotopic (exact) mass is 143 g/mol. The molecule has 0 bridgehead atoms. The largest absolute Gasteiger partial charge is 0.378 e. The Bertz CT molecular complexity index is 140. The summed E-state index contributed by atoms with van der Waals surface area (Å²) in [6.07, 6.45) is 0.347. The molecule has 0 radical (unpaired) electrons. The molecule has 1 aliphatic heterocycles. The minimum Gasteiger partial charge on any atom is -0.378 e. The van der Waals surface area contributed by atoms with Gasteiger partial charge in [0, 0.05) is 27.2 Å². The van der Waals surface area contributed by atoms with Crippen LogP contribution in [0.4, 0.5) is 0 Å². The normalized spacial score (nSPS) is 21.0. The van der Waals surface area contributed by atoms with Crippen molar-refractivity contribution in [2.45, 2.75) is 6.10 Å². The van der Waals surface area contributed by atoms with Gasteiger partial charge < -0.3 is 15.4 Å². The molecular weight excluding hydrogens is 130 g/mol. The zero-order valence-corrected chi connectivity index (χ0v) is 6.37. The minimum atomic E-state index is 0.347. The van der Waals surface area contributed by atoms with E-state index in [1.54, 1.807) is 14.2 Å². The van der Waals surface area contributed by atoms with Crippen molar-refractivity contribution in [3.05, 3.63) is 0 Å². The highest BCUT2D eigenvalue weighted by Gasteiger charge is 2.27. The molecule has 0 amide bonds. The number of hydrogen-bond acceptors (Lipinski definition) is 2. The molecule has 0 saturated carbocycles. The van der Waals surface area contributed by atoms with Crippen LogP contribution in [0, 0.1) is 0 Å². The second-order valence-corrected chi connectivity index (χ2v) is 2.34. The predicted octanol–water partition coefficient (Wildman–Crippen LogP) is -0.738. The third-order valence-electron chi connectivity index (χ3n) is 1.73. The van der Waals surface area contributed by atoms with Crippen LogP contribution in [0.2, 0.25) is 0 Å². The van der Waals surface area contributed by atoms with Gasteiger partial charge in [0.2, 0.25) is 0 Å². The Morgan fingerprint density at radius 1 is 1.70 bits per heavy atom. The lowest BCUT2D eigenvalue weighted by atomic mass is 10.2. The zero-order chi connectivity index (χ0) is 7.56. The molecule has 58 valence electrons. The number of guanidine groups is 1. The maximum Gasteiger partial charge on any atom is 0.191 e. The summed E-state index contributed by atoms with van der Waals surface area (Å²) >= 11 is 0. The van der Waals surface area contributed by atoms with Crippen molar-refractivity contribution in [2.75, 3.05) is 27.2 Å². The average molecular weight is 143 g/mol. The number of methoxy groups -OCH3 is 1. The first-order valence-electron chi connectivity index (χ1n) is 3.28. The Labute approximate surface area is 60.7 Å². The van der Waals surface area contributed by atoms with Gasteiger partial charge in [-0.2, -0.15) is 0 Å². The Kier molecular flexibility index (Phi) is 2.11. The summed E-state index contributed by atoms with van der Waals surface area (Å²) in [5.74, 6) is 0.605. The highest BCUT2D eigenvalue weighted by atomic mass is 16.5. The maximum atomic E-state index is 5.52. The quantitative estimate of drug-likeness (QED) is 0.388. The van der Waals surface area contributed by atoms with Crippen LogP contribution in [-0.4, -0.2) is 44.2 Å². The van der Waals surface area contributed by atoms with E-state index in [0.717, 1.165) is 13.1 Å². The molecule has 1 fully saturated rings. The fraction of sp³-hybridized carbons (Fsp3) is 0.833. The van der Waals surface area contributed by atoms with E-state index >= 15 is 0 Å². The standard InChI is InChI=1S/C6H13N3O/c1-8-6(7)9-3-5(4-9)10-2/h5H,3-4H2,1-2H3,(H2,7,8). The van der Waals surface area contributed by atoms with Crippen LogP contribution in [0.1, 0.15) is 0 Å². The van der Waals surface area contributed by atoms with Gasteiger partial charge in [-0.3, -0.25) is 4.99 Å². The van der Waals surface area contributed by atoms with Gasteiger partial charge in [0.1, 0.15) is 0 Å². The van der Waals surface area contributed by atoms with E-state index in [1.807, 2.05) is 4.90 Å². The number of aliphatic imine (C=N–C) groups is 1. The SMILES string of the molecule is CN=C(N)N1CC(OC)C1. The van der Waals surface area contributed by atoms with Crippen molar-refractivity contribution >= 4 is 5.96 Å². The fourth-order valence-electron chi connectivity index (χ4n) is 0.916. The van der Waals surface area contributed by atoms with Crippen LogP contribution in [0.15, 0.2) is 4.99 Å². The number of nitrogens with zero attached hydrogens (tertiary/aromatic N) is 2. The van der Waals surface area contributed by atoms with Crippen LogP contribution >= 0.6 is 0 Å². The molecular formula is C6H13N3O. The lowest BCUT2D eigenvalue weighted by Crippen LogP contribution is -2.56. The number of ether oxygens (including phenoxy) is 1. The van der Waals surface area contributed by atoms with Crippen molar-refractivity contribution in [3.63, 3.8) is 0 Å². The molecule has 0 spiro atoms. The molecule has 0 unspecified atom stereocenters. The smallest absolute Gasteiger partial charge is 0.191 e. The van der Waals surface area contributed by atoms with E-state index in [1.165, 1.54) is 0 Å². The summed E-state index contributed by atoms with van der Waals surface area (Å²) in [4.78, 5) is 5.82. The molecule has 4 nitrogen and oxygen atoms in total. The topological polar surface area (TPSA) is 50.8 Å². The van der Waals surface area contributed by atoms with Gasteiger partial charge >= 0.3 is 0 Å². The Morgan fingerprint density at radius 2 is 2.30 bits per heavy atom. The van der Waals surface area contributed by atoms with Crippen molar-refractivity contribution in [3.8, 4) is 0 Å². The van der Waals surface area contributed by atoms with Gasteiger partial charge in [-0.05, 0) is 0 Å². The first-order chi connectivity index (χ1) is 4.77. The van der Waals surface area contributed by atoms with Crippen LogP contribution < -0.4 is 5.73 Å². The Balaban J connectivity index is 2.26. The third-order valence-corrected chi connectivity index (χ3v) is 1.73. The minimum absolute atomic E-state index is 0.347. The van der Waals surface area contributed by atoms with Crippen LogP contribution in [-0.2, 0) is 4.74 Å². The molecule has 0 aliphatic carbocycles. The molecule has 2 N–H and O–H groups in total. The van der Waals surface area contributed by atoms with Crippen molar-refractivity contribution < 1.29 is 4.74 Å². The van der Waals surface area contributed by atoms with Crippen molar-refractivity contribution in [1.29, 1.82) is 0 Å². The van der Waals surface area contributed by atoms with Crippen LogP contribution in [0.5, 0.6) is 0 Å². The summed E-state index contributed by atoms with van der Waals surface area (Å²) in [5, 5.41) is 0. The molecule has 0 aromatic rings. The molecule has 0 atom stereocenters. The second kappa shape index (κ2) is 2.88. The fourth-order valence-corrected chi connectivity index (χ4v) is 0.916. The summed E-state index contributed by atoms with van der Waals surface area (Å²) < 4.78 is 5.06. The molecule has 1 saturated heterocycles. The lowest BCUT2D eigenvalue weighted by molar-refractivity contribution is 0.00518. The molecule has 1 rings (SSSR count). The van der Waals surface area contributed by atoms with Gasteiger partial charge in [0.15, 0.2) is 5.96 Å². The first-order valence-corrected chi connectivity index (χ1v) is 3.28. The highest BCUT2D eigenvalue weighted by Crippen LogP contribution is 2.08. The second-order valence-electron chi connectivity index (χ2n) is 2.34. The average Bonchev–Trinajstić information content (AvgIpc) is 1.85. The van der Waals surface area contributed by atoms with E-state index in [9.17, 15) is 0 Å². The third kappa shape index (κ3) is 1.21. The van der Waals surface area contributed by atoms with Gasteiger partial charge in [-0.15, -0.1) is 0 Å². The van der Waals surface area contributed by atoms with Crippen LogP contribution in [0.3, 0.4) is 0 Å². The number of likely N-dealkylation sites (tertiary alicyclic amines) is 1. The zero-order valence-electron chi connectivity index (χ0n) is 6.37. The molecule has 4 heteroatoms. The summed E-state index contributed by atoms with van der Waals surface area (Å²) in [6, 6.07) is 0. The van der Waals surface area contributed by atoms with Crippen molar-refractivity contribution in [1.82, 2.24) is 4.90 Å². The van der Waals surface area contributed by atoms with Gasteiger partial charge in [-0.1, -0.05) is 0 Å². The van der Waals surface area contributed by atoms with E-state index in [2.05, 4.69) is 4.99 Å². The molecule has 1 heterocycles. The molecule has 10 heavy (non-hydrogen) atoms. The lowest BCUT2D eigenvalue weighted by Gasteiger charge is -2.38. The van der Waals surface area contributed by atoms with E-state index in [0.29, 0.717) is 12.1 Å². The van der Waals surface area contributed by atoms with Crippen LogP contribution in [0.25, 0.3) is 0 Å². The molecule has 1 aliphatic rings.